The van der Waals surface area contributed by atoms with E-state index in [1.165, 1.54) is 5.56 Å². The minimum atomic E-state index is -0.448. The van der Waals surface area contributed by atoms with Crippen molar-refractivity contribution in [2.45, 2.75) is 20.3 Å². The normalized spacial score (nSPS) is 10.1. The third-order valence-electron chi connectivity index (χ3n) is 3.51. The van der Waals surface area contributed by atoms with Crippen molar-refractivity contribution in [3.05, 3.63) is 59.7 Å². The first-order chi connectivity index (χ1) is 11.6. The summed E-state index contributed by atoms with van der Waals surface area (Å²) in [6.07, 6.45) is 0.978. The molecule has 0 aromatic heterocycles. The zero-order valence-corrected chi connectivity index (χ0v) is 14.0. The molecule has 0 aliphatic heterocycles. The molecule has 0 aliphatic carbocycles. The Hall–Kier alpha value is -2.82. The van der Waals surface area contributed by atoms with Gasteiger partial charge >= 0.3 is 5.97 Å². The van der Waals surface area contributed by atoms with Gasteiger partial charge in [0.15, 0.2) is 0 Å². The van der Waals surface area contributed by atoms with Crippen molar-refractivity contribution in [2.75, 3.05) is 23.8 Å². The minimum Gasteiger partial charge on any atom is -0.462 e. The lowest BCUT2D eigenvalue weighted by atomic mass is 10.1. The monoisotopic (exact) mass is 326 g/mol. The number of hydrogen-bond acceptors (Lipinski definition) is 4. The molecule has 0 saturated carbocycles. The molecule has 2 rings (SSSR count). The standard InChI is InChI=1S/C19H22N2O3/c1-3-14-9-11-15(12-10-14)20-13-18(22)21-17-8-6-5-7-16(17)19(23)24-4-2/h5-12,20H,3-4,13H2,1-2H3,(H,21,22). The summed E-state index contributed by atoms with van der Waals surface area (Å²) in [4.78, 5) is 24.0. The number of hydrogen-bond donors (Lipinski definition) is 2. The van der Waals surface area contributed by atoms with E-state index in [4.69, 9.17) is 4.74 Å². The first-order valence-electron chi connectivity index (χ1n) is 8.02. The van der Waals surface area contributed by atoms with Crippen LogP contribution < -0.4 is 10.6 Å². The number of nitrogens with one attached hydrogen (secondary N) is 2. The van der Waals surface area contributed by atoms with Crippen molar-refractivity contribution in [2.24, 2.45) is 0 Å². The fourth-order valence-electron chi connectivity index (χ4n) is 2.21. The molecule has 0 aliphatic rings. The molecule has 0 saturated heterocycles. The van der Waals surface area contributed by atoms with E-state index in [2.05, 4.69) is 17.6 Å². The summed E-state index contributed by atoms with van der Waals surface area (Å²) in [6, 6.07) is 14.7. The average molecular weight is 326 g/mol. The van der Waals surface area contributed by atoms with Gasteiger partial charge in [-0.15, -0.1) is 0 Å². The average Bonchev–Trinajstić information content (AvgIpc) is 2.61. The van der Waals surface area contributed by atoms with Gasteiger partial charge in [0, 0.05) is 5.69 Å². The largest absolute Gasteiger partial charge is 0.462 e. The van der Waals surface area contributed by atoms with E-state index in [0.717, 1.165) is 12.1 Å². The minimum absolute atomic E-state index is 0.114. The molecule has 24 heavy (non-hydrogen) atoms. The van der Waals surface area contributed by atoms with Crippen molar-refractivity contribution >= 4 is 23.3 Å². The number of aryl methyl sites for hydroxylation is 1. The van der Waals surface area contributed by atoms with Gasteiger partial charge in [-0.2, -0.15) is 0 Å². The smallest absolute Gasteiger partial charge is 0.340 e. The lowest BCUT2D eigenvalue weighted by molar-refractivity contribution is -0.114. The molecule has 2 aromatic rings. The maximum absolute atomic E-state index is 12.1. The second-order valence-electron chi connectivity index (χ2n) is 5.22. The fraction of sp³-hybridized carbons (Fsp3) is 0.263. The molecule has 0 unspecified atom stereocenters. The zero-order chi connectivity index (χ0) is 17.4. The summed E-state index contributed by atoms with van der Waals surface area (Å²) in [5.74, 6) is -0.678. The van der Waals surface area contributed by atoms with Crippen LogP contribution in [0.1, 0.15) is 29.8 Å². The Morgan fingerprint density at radius 3 is 2.38 bits per heavy atom. The molecule has 0 atom stereocenters. The van der Waals surface area contributed by atoms with Crippen LogP contribution in [0.2, 0.25) is 0 Å². The Labute approximate surface area is 142 Å². The highest BCUT2D eigenvalue weighted by Crippen LogP contribution is 2.16. The van der Waals surface area contributed by atoms with E-state index in [9.17, 15) is 9.59 Å². The van der Waals surface area contributed by atoms with E-state index in [1.54, 1.807) is 31.2 Å². The Morgan fingerprint density at radius 2 is 1.71 bits per heavy atom. The third-order valence-corrected chi connectivity index (χ3v) is 3.51. The molecule has 0 fully saturated rings. The summed E-state index contributed by atoms with van der Waals surface area (Å²) in [5, 5.41) is 5.80. The SMILES string of the molecule is CCOC(=O)c1ccccc1NC(=O)CNc1ccc(CC)cc1. The van der Waals surface area contributed by atoms with Crippen molar-refractivity contribution < 1.29 is 14.3 Å². The van der Waals surface area contributed by atoms with Crippen LogP contribution in [0.4, 0.5) is 11.4 Å². The number of benzene rings is 2. The van der Waals surface area contributed by atoms with Gasteiger partial charge in [0.25, 0.3) is 0 Å². The molecule has 126 valence electrons. The quantitative estimate of drug-likeness (QED) is 0.765. The number of amides is 1. The number of rotatable bonds is 7. The van der Waals surface area contributed by atoms with Gasteiger partial charge in [0.1, 0.15) is 0 Å². The van der Waals surface area contributed by atoms with Crippen LogP contribution in [0, 0.1) is 0 Å². The summed E-state index contributed by atoms with van der Waals surface area (Å²) in [6.45, 7) is 4.24. The van der Waals surface area contributed by atoms with Gasteiger partial charge in [0.2, 0.25) is 5.91 Å². The molecule has 0 heterocycles. The number of carbonyl (C=O) groups excluding carboxylic acids is 2. The first-order valence-corrected chi connectivity index (χ1v) is 8.02. The molecule has 5 nitrogen and oxygen atoms in total. The Kier molecular flexibility index (Phi) is 6.37. The second kappa shape index (κ2) is 8.72. The highest BCUT2D eigenvalue weighted by Gasteiger charge is 2.13. The van der Waals surface area contributed by atoms with Crippen molar-refractivity contribution in [3.8, 4) is 0 Å². The van der Waals surface area contributed by atoms with Crippen LogP contribution >= 0.6 is 0 Å². The maximum Gasteiger partial charge on any atom is 0.340 e. The Morgan fingerprint density at radius 1 is 1.00 bits per heavy atom. The van der Waals surface area contributed by atoms with Crippen LogP contribution in [-0.2, 0) is 16.0 Å². The van der Waals surface area contributed by atoms with Gasteiger partial charge in [-0.3, -0.25) is 4.79 Å². The maximum atomic E-state index is 12.1. The summed E-state index contributed by atoms with van der Waals surface area (Å²) >= 11 is 0. The van der Waals surface area contributed by atoms with Crippen LogP contribution in [0.25, 0.3) is 0 Å². The predicted molar refractivity (Wildman–Crippen MR) is 95.3 cm³/mol. The molecule has 2 aromatic carbocycles. The van der Waals surface area contributed by atoms with Gasteiger partial charge in [-0.05, 0) is 43.2 Å². The van der Waals surface area contributed by atoms with Crippen LogP contribution in [0.5, 0.6) is 0 Å². The predicted octanol–water partition coefficient (Wildman–Crippen LogP) is 3.48. The highest BCUT2D eigenvalue weighted by molar-refractivity contribution is 6.02. The van der Waals surface area contributed by atoms with E-state index >= 15 is 0 Å². The lowest BCUT2D eigenvalue weighted by Gasteiger charge is -2.11. The van der Waals surface area contributed by atoms with Crippen molar-refractivity contribution in [1.29, 1.82) is 0 Å². The number of para-hydroxylation sites is 1. The topological polar surface area (TPSA) is 67.4 Å². The molecular formula is C19H22N2O3. The molecule has 5 heteroatoms. The molecule has 0 radical (unpaired) electrons. The molecule has 2 N–H and O–H groups in total. The van der Waals surface area contributed by atoms with Gasteiger partial charge in [-0.1, -0.05) is 31.2 Å². The van der Waals surface area contributed by atoms with Crippen LogP contribution in [-0.4, -0.2) is 25.0 Å². The second-order valence-corrected chi connectivity index (χ2v) is 5.22. The summed E-state index contributed by atoms with van der Waals surface area (Å²) in [7, 11) is 0. The van der Waals surface area contributed by atoms with E-state index < -0.39 is 5.97 Å². The van der Waals surface area contributed by atoms with Crippen LogP contribution in [0.3, 0.4) is 0 Å². The number of ether oxygens (including phenoxy) is 1. The highest BCUT2D eigenvalue weighted by atomic mass is 16.5. The first kappa shape index (κ1) is 17.5. The van der Waals surface area contributed by atoms with E-state index in [1.807, 2.05) is 24.3 Å². The molecule has 0 spiro atoms. The fourth-order valence-corrected chi connectivity index (χ4v) is 2.21. The Balaban J connectivity index is 1.95. The van der Waals surface area contributed by atoms with Gasteiger partial charge < -0.3 is 15.4 Å². The number of esters is 1. The molecule has 0 bridgehead atoms. The van der Waals surface area contributed by atoms with Crippen LogP contribution in [0.15, 0.2) is 48.5 Å². The Bertz CT molecular complexity index is 696. The van der Waals surface area contributed by atoms with Gasteiger partial charge in [0.05, 0.1) is 24.4 Å². The molecule has 1 amide bonds. The van der Waals surface area contributed by atoms with E-state index in [-0.39, 0.29) is 19.1 Å². The summed E-state index contributed by atoms with van der Waals surface area (Å²) in [5.41, 5.74) is 2.92. The van der Waals surface area contributed by atoms with Crippen molar-refractivity contribution in [1.82, 2.24) is 0 Å². The summed E-state index contributed by atoms with van der Waals surface area (Å²) < 4.78 is 5.00. The lowest BCUT2D eigenvalue weighted by Crippen LogP contribution is -2.23. The number of carbonyl (C=O) groups is 2. The zero-order valence-electron chi connectivity index (χ0n) is 14.0. The molecular weight excluding hydrogens is 304 g/mol. The third kappa shape index (κ3) is 4.84. The van der Waals surface area contributed by atoms with E-state index in [0.29, 0.717) is 11.3 Å². The van der Waals surface area contributed by atoms with Crippen molar-refractivity contribution in [3.63, 3.8) is 0 Å². The number of anilines is 2. The van der Waals surface area contributed by atoms with Gasteiger partial charge in [-0.25, -0.2) is 4.79 Å².